The number of carboxylic acid groups (broad SMARTS) is 1. The normalized spacial score (nSPS) is 22.7. The van der Waals surface area contributed by atoms with Gasteiger partial charge in [0.05, 0.1) is 17.8 Å². The highest BCUT2D eigenvalue weighted by Gasteiger charge is 2.61. The number of amides is 3. The number of aliphatic carboxylic acids is 1. The minimum atomic E-state index is -1.52. The number of ether oxygens (including phenoxy) is 3. The molecular weight excluding hydrogens is 761 g/mol. The van der Waals surface area contributed by atoms with Crippen molar-refractivity contribution in [1.82, 2.24) is 25.5 Å². The number of rotatable bonds is 13. The van der Waals surface area contributed by atoms with E-state index in [0.29, 0.717) is 33.8 Å². The third-order valence-electron chi connectivity index (χ3n) is 10.9. The molecule has 3 amide bonds. The molecule has 5 atom stereocenters. The van der Waals surface area contributed by atoms with Crippen molar-refractivity contribution < 1.29 is 38.5 Å². The fourth-order valence-electron chi connectivity index (χ4n) is 7.75. The minimum absolute atomic E-state index is 0.0175. The van der Waals surface area contributed by atoms with E-state index >= 15 is 0 Å². The summed E-state index contributed by atoms with van der Waals surface area (Å²) in [5.74, 6) is -1.62. The van der Waals surface area contributed by atoms with Crippen LogP contribution in [0.4, 0.5) is 9.93 Å². The lowest BCUT2D eigenvalue weighted by atomic mass is 9.85. The number of hydrogen-bond donors (Lipinski definition) is 4. The van der Waals surface area contributed by atoms with Crippen molar-refractivity contribution in [2.24, 2.45) is 11.3 Å². The number of nitrogens with one attached hydrogen (secondary N) is 3. The highest BCUT2D eigenvalue weighted by atomic mass is 32.1. The first-order valence-electron chi connectivity index (χ1n) is 20.2. The zero-order chi connectivity index (χ0) is 42.3. The average molecular weight is 819 g/mol. The molecule has 58 heavy (non-hydrogen) atoms. The maximum absolute atomic E-state index is 14.7. The van der Waals surface area contributed by atoms with Crippen molar-refractivity contribution in [3.8, 4) is 22.9 Å². The molecule has 0 unspecified atom stereocenters. The quantitative estimate of drug-likeness (QED) is 0.128. The van der Waals surface area contributed by atoms with E-state index in [1.54, 1.807) is 0 Å². The van der Waals surface area contributed by atoms with Gasteiger partial charge in [-0.1, -0.05) is 26.8 Å². The molecular formula is C43H58N6O8S. The molecule has 4 N–H and O–H groups in total. The van der Waals surface area contributed by atoms with Crippen LogP contribution in [0, 0.1) is 18.3 Å². The number of hydrogen-bond acceptors (Lipinski definition) is 11. The van der Waals surface area contributed by atoms with Crippen LogP contribution in [0.5, 0.6) is 11.5 Å². The van der Waals surface area contributed by atoms with Crippen LogP contribution in [0.15, 0.2) is 36.2 Å². The summed E-state index contributed by atoms with van der Waals surface area (Å²) in [6, 6.07) is 3.59. The second-order valence-corrected chi connectivity index (χ2v) is 19.0. The van der Waals surface area contributed by atoms with E-state index in [-0.39, 0.29) is 31.5 Å². The number of aromatic nitrogens is 2. The van der Waals surface area contributed by atoms with Gasteiger partial charge in [-0.2, -0.15) is 0 Å². The maximum Gasteiger partial charge on any atom is 0.408 e. The molecule has 3 aromatic rings. The summed E-state index contributed by atoms with van der Waals surface area (Å²) in [6.07, 6.45) is 3.60. The predicted octanol–water partition coefficient (Wildman–Crippen LogP) is 7.24. The molecule has 14 nitrogen and oxygen atoms in total. The average Bonchev–Trinajstić information content (AvgIpc) is 3.54. The van der Waals surface area contributed by atoms with E-state index in [1.165, 1.54) is 22.3 Å². The van der Waals surface area contributed by atoms with Gasteiger partial charge in [0.15, 0.2) is 5.13 Å². The van der Waals surface area contributed by atoms with Gasteiger partial charge in [0.25, 0.3) is 0 Å². The SMILES string of the molecule is C=C[C@@H]1C[C@]1(NC(=O)[C@@H]1C[C@@H](Oc2cc(-c3csc(NC(C)C)n3)nc3c(C)c(OC(C)(C)C)ccc23)CN1C(=O)[C@@H](NC(=O)OC1CCCC1)C(C)(C)C)C(=O)O. The third kappa shape index (κ3) is 9.35. The number of thiazole rings is 1. The molecule has 0 radical (unpaired) electrons. The summed E-state index contributed by atoms with van der Waals surface area (Å²) >= 11 is 1.47. The number of fused-ring (bicyclic) bond motifs is 1. The lowest BCUT2D eigenvalue weighted by Crippen LogP contribution is -2.59. The van der Waals surface area contributed by atoms with Crippen molar-refractivity contribution in [2.75, 3.05) is 11.9 Å². The Balaban J connectivity index is 1.36. The second kappa shape index (κ2) is 16.4. The number of alkyl carbamates (subject to hydrolysis) is 1. The van der Waals surface area contributed by atoms with Crippen molar-refractivity contribution in [2.45, 2.75) is 142 Å². The molecule has 0 bridgehead atoms. The number of carboxylic acids is 1. The standard InChI is InChI=1S/C43H58N6O8S/c1-11-25-20-43(25,38(52)53)48-36(50)31-18-27(21-49(31)37(51)35(41(5,6)7)47-40(54)56-26-14-12-13-15-26)55-33-19-29(30-22-58-39(46-30)44-23(2)3)45-34-24(4)32(17-16-28(33)34)57-42(8,9)10/h11,16-17,19,22-23,25-27,31,35H,1,12-15,18,20-21H2,2-10H3,(H,44,46)(H,47,54)(H,48,50)(H,52,53)/t25-,27-,31+,35-,43-/m1/s1. The summed E-state index contributed by atoms with van der Waals surface area (Å²) in [4.78, 5) is 65.8. The monoisotopic (exact) mass is 818 g/mol. The summed E-state index contributed by atoms with van der Waals surface area (Å²) in [7, 11) is 0. The predicted molar refractivity (Wildman–Crippen MR) is 223 cm³/mol. The molecule has 1 aromatic carbocycles. The molecule has 3 fully saturated rings. The molecule has 1 aliphatic heterocycles. The molecule has 2 aliphatic carbocycles. The van der Waals surface area contributed by atoms with Crippen LogP contribution in [0.3, 0.4) is 0 Å². The number of carbonyl (C=O) groups is 4. The lowest BCUT2D eigenvalue weighted by molar-refractivity contribution is -0.146. The van der Waals surface area contributed by atoms with Gasteiger partial charge >= 0.3 is 12.1 Å². The Morgan fingerprint density at radius 3 is 2.34 bits per heavy atom. The zero-order valence-corrected chi connectivity index (χ0v) is 35.9. The van der Waals surface area contributed by atoms with Crippen molar-refractivity contribution in [1.29, 1.82) is 0 Å². The molecule has 2 aromatic heterocycles. The topological polar surface area (TPSA) is 181 Å². The van der Waals surface area contributed by atoms with Crippen LogP contribution in [0.25, 0.3) is 22.3 Å². The molecule has 6 rings (SSSR count). The summed E-state index contributed by atoms with van der Waals surface area (Å²) in [5, 5.41) is 22.4. The van der Waals surface area contributed by atoms with Crippen LogP contribution in [-0.2, 0) is 19.1 Å². The van der Waals surface area contributed by atoms with Crippen molar-refractivity contribution in [3.05, 3.63) is 41.8 Å². The Kier molecular flexibility index (Phi) is 12.1. The van der Waals surface area contributed by atoms with E-state index in [1.807, 2.05) is 85.9 Å². The van der Waals surface area contributed by atoms with Gasteiger partial charge in [-0.05, 0) is 91.2 Å². The first kappa shape index (κ1) is 42.7. The van der Waals surface area contributed by atoms with Gasteiger partial charge in [-0.25, -0.2) is 19.6 Å². The largest absolute Gasteiger partial charge is 0.488 e. The fourth-order valence-corrected chi connectivity index (χ4v) is 8.60. The first-order valence-corrected chi connectivity index (χ1v) is 21.0. The highest BCUT2D eigenvalue weighted by Crippen LogP contribution is 2.45. The molecule has 314 valence electrons. The van der Waals surface area contributed by atoms with Gasteiger partial charge in [0.1, 0.15) is 52.6 Å². The van der Waals surface area contributed by atoms with Gasteiger partial charge in [-0.15, -0.1) is 17.9 Å². The van der Waals surface area contributed by atoms with Crippen LogP contribution in [-0.4, -0.2) is 91.9 Å². The molecule has 15 heteroatoms. The maximum atomic E-state index is 14.7. The lowest BCUT2D eigenvalue weighted by Gasteiger charge is -2.35. The number of benzene rings is 1. The second-order valence-electron chi connectivity index (χ2n) is 18.2. The summed E-state index contributed by atoms with van der Waals surface area (Å²) < 4.78 is 18.8. The van der Waals surface area contributed by atoms with Gasteiger partial charge in [0, 0.05) is 40.8 Å². The van der Waals surface area contributed by atoms with Crippen LogP contribution >= 0.6 is 11.3 Å². The molecule has 2 saturated carbocycles. The van der Waals surface area contributed by atoms with Crippen LogP contribution in [0.1, 0.15) is 99.5 Å². The van der Waals surface area contributed by atoms with Crippen molar-refractivity contribution >= 4 is 51.2 Å². The minimum Gasteiger partial charge on any atom is -0.488 e. The van der Waals surface area contributed by atoms with E-state index in [0.717, 1.165) is 36.4 Å². The fraction of sp³-hybridized carbons (Fsp3) is 0.581. The Labute approximate surface area is 344 Å². The van der Waals surface area contributed by atoms with Gasteiger partial charge < -0.3 is 40.2 Å². The summed E-state index contributed by atoms with van der Waals surface area (Å²) in [6.45, 7) is 21.2. The number of aryl methyl sites for hydroxylation is 1. The molecule has 1 saturated heterocycles. The number of anilines is 1. The van der Waals surface area contributed by atoms with E-state index in [2.05, 4.69) is 22.5 Å². The van der Waals surface area contributed by atoms with Crippen LogP contribution < -0.4 is 25.4 Å². The van der Waals surface area contributed by atoms with E-state index in [4.69, 9.17) is 24.2 Å². The van der Waals surface area contributed by atoms with E-state index in [9.17, 15) is 24.3 Å². The first-order chi connectivity index (χ1) is 27.2. The number of pyridine rings is 1. The Morgan fingerprint density at radius 2 is 1.74 bits per heavy atom. The number of carbonyl (C=O) groups excluding carboxylic acids is 3. The Hall–Kier alpha value is -4.92. The van der Waals surface area contributed by atoms with Crippen molar-refractivity contribution in [3.63, 3.8) is 0 Å². The van der Waals surface area contributed by atoms with Crippen LogP contribution in [0.2, 0.25) is 0 Å². The van der Waals surface area contributed by atoms with Gasteiger partial charge in [-0.3, -0.25) is 9.59 Å². The highest BCUT2D eigenvalue weighted by molar-refractivity contribution is 7.14. The molecule has 3 heterocycles. The molecule has 0 spiro atoms. The zero-order valence-electron chi connectivity index (χ0n) is 35.1. The Morgan fingerprint density at radius 1 is 1.03 bits per heavy atom. The van der Waals surface area contributed by atoms with Gasteiger partial charge in [0.2, 0.25) is 11.8 Å². The Bertz CT molecular complexity index is 2060. The third-order valence-corrected chi connectivity index (χ3v) is 11.6. The smallest absolute Gasteiger partial charge is 0.408 e. The van der Waals surface area contributed by atoms with E-state index < -0.39 is 64.5 Å². The number of likely N-dealkylation sites (tertiary alicyclic amines) is 1. The summed E-state index contributed by atoms with van der Waals surface area (Å²) in [5.41, 5.74) is -0.102. The molecule has 3 aliphatic rings. The number of nitrogens with zero attached hydrogens (tertiary/aromatic N) is 3.